The van der Waals surface area contributed by atoms with Crippen molar-refractivity contribution >= 4 is 17.7 Å². The van der Waals surface area contributed by atoms with Gasteiger partial charge in [0.05, 0.1) is 6.42 Å². The first kappa shape index (κ1) is 16.7. The summed E-state index contributed by atoms with van der Waals surface area (Å²) in [6.45, 7) is 7.28. The Morgan fingerprint density at radius 1 is 1.14 bits per heavy atom. The van der Waals surface area contributed by atoms with Crippen LogP contribution < -0.4 is 5.32 Å². The number of benzene rings is 1. The van der Waals surface area contributed by atoms with Gasteiger partial charge in [-0.2, -0.15) is 11.8 Å². The van der Waals surface area contributed by atoms with E-state index in [-0.39, 0.29) is 10.7 Å². The second kappa shape index (κ2) is 7.54. The van der Waals surface area contributed by atoms with Gasteiger partial charge in [0, 0.05) is 35.1 Å². The van der Waals surface area contributed by atoms with E-state index < -0.39 is 0 Å². The number of thioether (sulfide) groups is 1. The minimum Gasteiger partial charge on any atom is -0.355 e. The molecule has 0 aliphatic heterocycles. The summed E-state index contributed by atoms with van der Waals surface area (Å²) >= 11 is 1.86. The molecule has 0 aliphatic carbocycles. The smallest absolute Gasteiger partial charge is 0.224 e. The third kappa shape index (κ3) is 5.60. The molecule has 118 valence electrons. The number of nitrogens with one attached hydrogen (secondary N) is 1. The molecular formula is C18H24N2OS. The number of carbonyl (C=O) groups excluding carboxylic acids is 1. The van der Waals surface area contributed by atoms with Gasteiger partial charge in [0.1, 0.15) is 0 Å². The molecule has 1 heterocycles. The molecule has 1 N–H and O–H groups in total. The van der Waals surface area contributed by atoms with Gasteiger partial charge in [0.15, 0.2) is 0 Å². The highest BCUT2D eigenvalue weighted by Gasteiger charge is 2.10. The molecule has 1 aromatic heterocycles. The van der Waals surface area contributed by atoms with Crippen molar-refractivity contribution in [2.45, 2.75) is 31.9 Å². The number of amides is 1. The van der Waals surface area contributed by atoms with Crippen molar-refractivity contribution < 1.29 is 4.79 Å². The summed E-state index contributed by atoms with van der Waals surface area (Å²) in [5.41, 5.74) is 2.15. The van der Waals surface area contributed by atoms with Crippen molar-refractivity contribution in [3.63, 3.8) is 0 Å². The van der Waals surface area contributed by atoms with Gasteiger partial charge < -0.3 is 9.88 Å². The fourth-order valence-electron chi connectivity index (χ4n) is 2.09. The van der Waals surface area contributed by atoms with Gasteiger partial charge in [-0.25, -0.2) is 0 Å². The minimum atomic E-state index is 0.0863. The molecule has 2 aromatic rings. The molecule has 3 nitrogen and oxygen atoms in total. The molecule has 0 unspecified atom stereocenters. The van der Waals surface area contributed by atoms with Crippen LogP contribution in [0.1, 0.15) is 26.3 Å². The monoisotopic (exact) mass is 316 g/mol. The van der Waals surface area contributed by atoms with E-state index in [0.717, 1.165) is 23.5 Å². The fourth-order valence-corrected chi connectivity index (χ4v) is 2.90. The highest BCUT2D eigenvalue weighted by molar-refractivity contribution is 8.00. The van der Waals surface area contributed by atoms with Gasteiger partial charge >= 0.3 is 0 Å². The molecule has 4 heteroatoms. The predicted octanol–water partition coefficient (Wildman–Crippen LogP) is 3.67. The maximum Gasteiger partial charge on any atom is 0.224 e. The fraction of sp³-hybridized carbons (Fsp3) is 0.389. The Bertz CT molecular complexity index is 583. The van der Waals surface area contributed by atoms with E-state index >= 15 is 0 Å². The highest BCUT2D eigenvalue weighted by atomic mass is 32.2. The Morgan fingerprint density at radius 3 is 2.36 bits per heavy atom. The van der Waals surface area contributed by atoms with Crippen LogP contribution in [0.2, 0.25) is 0 Å². The van der Waals surface area contributed by atoms with Crippen LogP contribution >= 0.6 is 11.8 Å². The van der Waals surface area contributed by atoms with Crippen LogP contribution in [0.5, 0.6) is 0 Å². The molecule has 22 heavy (non-hydrogen) atoms. The summed E-state index contributed by atoms with van der Waals surface area (Å²) in [6, 6.07) is 12.1. The van der Waals surface area contributed by atoms with E-state index in [2.05, 4.69) is 26.1 Å². The number of rotatable bonds is 6. The number of aromatic nitrogens is 1. The van der Waals surface area contributed by atoms with Crippen LogP contribution in [0, 0.1) is 0 Å². The Hall–Kier alpha value is -1.68. The van der Waals surface area contributed by atoms with Gasteiger partial charge in [-0.1, -0.05) is 32.9 Å². The van der Waals surface area contributed by atoms with Gasteiger partial charge in [0.2, 0.25) is 5.91 Å². The first-order valence-electron chi connectivity index (χ1n) is 7.57. The number of nitrogens with zero attached hydrogens (tertiary/aromatic N) is 1. The summed E-state index contributed by atoms with van der Waals surface area (Å²) < 4.78 is 2.30. The summed E-state index contributed by atoms with van der Waals surface area (Å²) in [6.07, 6.45) is 4.45. The van der Waals surface area contributed by atoms with Crippen LogP contribution in [0.3, 0.4) is 0 Å². The average Bonchev–Trinajstić information content (AvgIpc) is 2.98. The van der Waals surface area contributed by atoms with E-state index in [1.54, 1.807) is 0 Å². The maximum atomic E-state index is 11.9. The average molecular weight is 316 g/mol. The lowest BCUT2D eigenvalue weighted by Gasteiger charge is -2.17. The third-order valence-corrected chi connectivity index (χ3v) is 4.44. The lowest BCUT2D eigenvalue weighted by molar-refractivity contribution is -0.120. The van der Waals surface area contributed by atoms with Crippen molar-refractivity contribution in [3.8, 4) is 5.69 Å². The largest absolute Gasteiger partial charge is 0.355 e. The van der Waals surface area contributed by atoms with Crippen LogP contribution in [-0.2, 0) is 11.2 Å². The molecule has 0 radical (unpaired) electrons. The van der Waals surface area contributed by atoms with E-state index in [9.17, 15) is 4.79 Å². The molecule has 0 bridgehead atoms. The Morgan fingerprint density at radius 2 is 1.77 bits per heavy atom. The van der Waals surface area contributed by atoms with Crippen molar-refractivity contribution in [2.24, 2.45) is 0 Å². The van der Waals surface area contributed by atoms with Crippen LogP contribution in [0.15, 0.2) is 48.8 Å². The van der Waals surface area contributed by atoms with Crippen LogP contribution in [0.25, 0.3) is 5.69 Å². The molecule has 0 aliphatic rings. The zero-order chi connectivity index (χ0) is 16.0. The predicted molar refractivity (Wildman–Crippen MR) is 94.7 cm³/mol. The molecule has 2 rings (SSSR count). The Labute approximate surface area is 137 Å². The topological polar surface area (TPSA) is 34.0 Å². The first-order valence-corrected chi connectivity index (χ1v) is 8.55. The zero-order valence-corrected chi connectivity index (χ0v) is 14.3. The Balaban J connectivity index is 1.77. The second-order valence-electron chi connectivity index (χ2n) is 6.24. The quantitative estimate of drug-likeness (QED) is 0.825. The van der Waals surface area contributed by atoms with Crippen molar-refractivity contribution in [3.05, 3.63) is 54.4 Å². The summed E-state index contributed by atoms with van der Waals surface area (Å²) in [5, 5.41) is 2.98. The first-order chi connectivity index (χ1) is 10.4. The normalized spacial score (nSPS) is 11.4. The SMILES string of the molecule is CC(C)(C)SCCNC(=O)Cc1ccc(-n2cccc2)cc1. The molecule has 0 atom stereocenters. The number of hydrogen-bond donors (Lipinski definition) is 1. The minimum absolute atomic E-state index is 0.0863. The van der Waals surface area contributed by atoms with Crippen LogP contribution in [0.4, 0.5) is 0 Å². The summed E-state index contributed by atoms with van der Waals surface area (Å²) in [7, 11) is 0. The molecule has 1 aromatic carbocycles. The molecule has 1 amide bonds. The van der Waals surface area contributed by atoms with Gasteiger partial charge in [0.25, 0.3) is 0 Å². The standard InChI is InChI=1S/C18H24N2OS/c1-18(2,3)22-13-10-19-17(21)14-15-6-8-16(9-7-15)20-11-4-5-12-20/h4-9,11-12H,10,13-14H2,1-3H3,(H,19,21). The maximum absolute atomic E-state index is 11.9. The highest BCUT2D eigenvalue weighted by Crippen LogP contribution is 2.22. The van der Waals surface area contributed by atoms with Crippen molar-refractivity contribution in [1.29, 1.82) is 0 Å². The molecular weight excluding hydrogens is 292 g/mol. The second-order valence-corrected chi connectivity index (χ2v) is 8.17. The van der Waals surface area contributed by atoms with Crippen molar-refractivity contribution in [1.82, 2.24) is 9.88 Å². The molecule has 0 spiro atoms. The molecule has 0 fully saturated rings. The van der Waals surface area contributed by atoms with Gasteiger partial charge in [-0.05, 0) is 29.8 Å². The number of hydrogen-bond acceptors (Lipinski definition) is 2. The zero-order valence-electron chi connectivity index (χ0n) is 13.5. The lowest BCUT2D eigenvalue weighted by atomic mass is 10.1. The van der Waals surface area contributed by atoms with E-state index in [1.165, 1.54) is 0 Å². The summed E-state index contributed by atoms with van der Waals surface area (Å²) in [4.78, 5) is 11.9. The van der Waals surface area contributed by atoms with Crippen molar-refractivity contribution in [2.75, 3.05) is 12.3 Å². The van der Waals surface area contributed by atoms with E-state index in [4.69, 9.17) is 0 Å². The van der Waals surface area contributed by atoms with Gasteiger partial charge in [-0.15, -0.1) is 0 Å². The van der Waals surface area contributed by atoms with Crippen LogP contribution in [-0.4, -0.2) is 27.5 Å². The van der Waals surface area contributed by atoms with E-state index in [0.29, 0.717) is 6.42 Å². The summed E-state index contributed by atoms with van der Waals surface area (Å²) in [5.74, 6) is 1.03. The lowest BCUT2D eigenvalue weighted by Crippen LogP contribution is -2.28. The number of carbonyl (C=O) groups is 1. The van der Waals surface area contributed by atoms with Gasteiger partial charge in [-0.3, -0.25) is 4.79 Å². The third-order valence-electron chi connectivity index (χ3n) is 3.16. The molecule has 0 saturated carbocycles. The Kier molecular flexibility index (Phi) is 5.72. The molecule has 0 saturated heterocycles. The van der Waals surface area contributed by atoms with E-state index in [1.807, 2.05) is 65.1 Å².